The summed E-state index contributed by atoms with van der Waals surface area (Å²) in [6.07, 6.45) is 6.72. The predicted molar refractivity (Wildman–Crippen MR) is 234 cm³/mol. The second-order valence-electron chi connectivity index (χ2n) is 14.8. The largest absolute Gasteiger partial charge is 0.310 e. The SMILES string of the molecule is C1=Cc2c(c3ccccc3n2-c2cccc(-n3c4ccccc4c4cc5c6ccccc6n(-c6nc(-c7ccccc7)nc(-c7ccccc7)n6)c5cc43)c2)CC1. The average Bonchev–Trinajstić information content (AvgIpc) is 3.91. The predicted octanol–water partition coefficient (Wildman–Crippen LogP) is 12.3. The van der Waals surface area contributed by atoms with Crippen molar-refractivity contribution < 1.29 is 0 Å². The Kier molecular flexibility index (Phi) is 6.95. The maximum atomic E-state index is 5.20. The van der Waals surface area contributed by atoms with E-state index in [2.05, 4.69) is 159 Å². The van der Waals surface area contributed by atoms with Gasteiger partial charge in [-0.25, -0.2) is 4.98 Å². The molecule has 0 amide bonds. The van der Waals surface area contributed by atoms with Crippen LogP contribution in [0, 0.1) is 0 Å². The van der Waals surface area contributed by atoms with Gasteiger partial charge in [0.05, 0.1) is 27.6 Å². The number of benzene rings is 7. The second kappa shape index (κ2) is 12.5. The Labute approximate surface area is 328 Å². The van der Waals surface area contributed by atoms with Gasteiger partial charge in [-0.05, 0) is 73.0 Å². The number of allylic oxidation sites excluding steroid dienone is 1. The highest BCUT2D eigenvalue weighted by atomic mass is 15.2. The molecule has 268 valence electrons. The molecule has 1 aliphatic rings. The molecule has 6 heteroatoms. The van der Waals surface area contributed by atoms with E-state index in [-0.39, 0.29) is 0 Å². The van der Waals surface area contributed by atoms with Crippen LogP contribution < -0.4 is 0 Å². The minimum atomic E-state index is 0.579. The van der Waals surface area contributed by atoms with Gasteiger partial charge >= 0.3 is 0 Å². The molecular formula is C51H34N6. The first-order valence-electron chi connectivity index (χ1n) is 19.5. The normalized spacial score (nSPS) is 12.7. The van der Waals surface area contributed by atoms with Crippen LogP contribution in [0.15, 0.2) is 176 Å². The van der Waals surface area contributed by atoms with Crippen molar-refractivity contribution in [3.05, 3.63) is 187 Å². The summed E-state index contributed by atoms with van der Waals surface area (Å²) in [5.74, 6) is 1.84. The van der Waals surface area contributed by atoms with Crippen LogP contribution in [0.4, 0.5) is 0 Å². The zero-order valence-electron chi connectivity index (χ0n) is 30.9. The Morgan fingerprint density at radius 1 is 0.386 bits per heavy atom. The van der Waals surface area contributed by atoms with Crippen molar-refractivity contribution in [3.63, 3.8) is 0 Å². The molecule has 0 atom stereocenters. The van der Waals surface area contributed by atoms with Crippen molar-refractivity contribution >= 4 is 60.6 Å². The van der Waals surface area contributed by atoms with Crippen molar-refractivity contribution in [1.29, 1.82) is 0 Å². The second-order valence-corrected chi connectivity index (χ2v) is 14.8. The fraction of sp³-hybridized carbons (Fsp3) is 0.0392. The van der Waals surface area contributed by atoms with Gasteiger partial charge in [-0.15, -0.1) is 0 Å². The van der Waals surface area contributed by atoms with Crippen LogP contribution in [0.1, 0.15) is 17.7 Å². The molecule has 0 aliphatic heterocycles. The van der Waals surface area contributed by atoms with Crippen LogP contribution in [0.3, 0.4) is 0 Å². The van der Waals surface area contributed by atoms with Crippen LogP contribution in [0.2, 0.25) is 0 Å². The van der Waals surface area contributed by atoms with Crippen molar-refractivity contribution in [2.24, 2.45) is 0 Å². The van der Waals surface area contributed by atoms with Crippen molar-refractivity contribution in [2.75, 3.05) is 0 Å². The van der Waals surface area contributed by atoms with Gasteiger partial charge in [0.15, 0.2) is 11.6 Å². The number of nitrogens with zero attached hydrogens (tertiary/aromatic N) is 6. The summed E-state index contributed by atoms with van der Waals surface area (Å²) in [4.78, 5) is 15.4. The maximum absolute atomic E-state index is 5.20. The average molecular weight is 731 g/mol. The molecule has 4 aromatic heterocycles. The molecule has 11 aromatic rings. The molecule has 0 saturated heterocycles. The Bertz CT molecular complexity index is 3350. The van der Waals surface area contributed by atoms with E-state index in [1.165, 1.54) is 32.9 Å². The highest BCUT2D eigenvalue weighted by Crippen LogP contribution is 2.40. The van der Waals surface area contributed by atoms with Crippen LogP contribution in [-0.2, 0) is 6.42 Å². The summed E-state index contributed by atoms with van der Waals surface area (Å²) in [5, 5.41) is 6.03. The highest BCUT2D eigenvalue weighted by Gasteiger charge is 2.22. The minimum Gasteiger partial charge on any atom is -0.310 e. The lowest BCUT2D eigenvalue weighted by atomic mass is 10.0. The topological polar surface area (TPSA) is 53.5 Å². The lowest BCUT2D eigenvalue weighted by Gasteiger charge is -2.15. The van der Waals surface area contributed by atoms with Gasteiger partial charge in [0.2, 0.25) is 5.95 Å². The third-order valence-electron chi connectivity index (χ3n) is 11.6. The zero-order chi connectivity index (χ0) is 37.5. The highest BCUT2D eigenvalue weighted by molar-refractivity contribution is 6.19. The molecule has 0 spiro atoms. The third-order valence-corrected chi connectivity index (χ3v) is 11.6. The molecule has 12 rings (SSSR count). The van der Waals surface area contributed by atoms with E-state index in [0.29, 0.717) is 17.6 Å². The van der Waals surface area contributed by atoms with E-state index in [1.807, 2.05) is 36.4 Å². The molecule has 4 heterocycles. The summed E-state index contributed by atoms with van der Waals surface area (Å²) in [6.45, 7) is 0. The number of hydrogen-bond acceptors (Lipinski definition) is 3. The number of fused-ring (bicyclic) bond motifs is 9. The Morgan fingerprint density at radius 3 is 1.56 bits per heavy atom. The number of para-hydroxylation sites is 3. The monoisotopic (exact) mass is 730 g/mol. The molecule has 0 saturated carbocycles. The van der Waals surface area contributed by atoms with E-state index in [1.54, 1.807) is 0 Å². The van der Waals surface area contributed by atoms with E-state index in [9.17, 15) is 0 Å². The Hall–Kier alpha value is -7.57. The molecule has 0 fully saturated rings. The van der Waals surface area contributed by atoms with Gasteiger partial charge in [0.1, 0.15) is 0 Å². The summed E-state index contributed by atoms with van der Waals surface area (Å²) in [5.41, 5.74) is 12.4. The van der Waals surface area contributed by atoms with Crippen LogP contribution in [0.5, 0.6) is 0 Å². The van der Waals surface area contributed by atoms with Gasteiger partial charge in [-0.1, -0.05) is 127 Å². The lowest BCUT2D eigenvalue weighted by molar-refractivity contribution is 0.953. The molecule has 0 N–H and O–H groups in total. The summed E-state index contributed by atoms with van der Waals surface area (Å²) in [6, 6.07) is 60.2. The van der Waals surface area contributed by atoms with Gasteiger partial charge in [-0.3, -0.25) is 4.57 Å². The molecule has 0 bridgehead atoms. The number of aromatic nitrogens is 6. The molecule has 0 radical (unpaired) electrons. The minimum absolute atomic E-state index is 0.579. The van der Waals surface area contributed by atoms with Crippen molar-refractivity contribution in [3.8, 4) is 40.1 Å². The summed E-state index contributed by atoms with van der Waals surface area (Å²) >= 11 is 0. The quantitative estimate of drug-likeness (QED) is 0.177. The summed E-state index contributed by atoms with van der Waals surface area (Å²) in [7, 11) is 0. The fourth-order valence-electron chi connectivity index (χ4n) is 9.06. The van der Waals surface area contributed by atoms with Crippen molar-refractivity contribution in [2.45, 2.75) is 12.8 Å². The van der Waals surface area contributed by atoms with Gasteiger partial charge in [-0.2, -0.15) is 9.97 Å². The zero-order valence-corrected chi connectivity index (χ0v) is 30.9. The molecular weight excluding hydrogens is 697 g/mol. The van der Waals surface area contributed by atoms with Crippen LogP contribution in [-0.4, -0.2) is 28.7 Å². The Morgan fingerprint density at radius 2 is 0.912 bits per heavy atom. The van der Waals surface area contributed by atoms with E-state index >= 15 is 0 Å². The number of aryl methyl sites for hydroxylation is 1. The number of rotatable bonds is 5. The number of hydrogen-bond donors (Lipinski definition) is 0. The molecule has 1 aliphatic carbocycles. The first-order valence-corrected chi connectivity index (χ1v) is 19.5. The van der Waals surface area contributed by atoms with E-state index < -0.39 is 0 Å². The van der Waals surface area contributed by atoms with Gasteiger partial charge in [0.25, 0.3) is 0 Å². The van der Waals surface area contributed by atoms with Gasteiger partial charge < -0.3 is 9.13 Å². The van der Waals surface area contributed by atoms with Gasteiger partial charge in [0, 0.05) is 55.1 Å². The first-order chi connectivity index (χ1) is 28.3. The molecule has 0 unspecified atom stereocenters. The van der Waals surface area contributed by atoms with Crippen LogP contribution >= 0.6 is 0 Å². The third kappa shape index (κ3) is 4.87. The molecule has 6 nitrogen and oxygen atoms in total. The first kappa shape index (κ1) is 31.7. The van der Waals surface area contributed by atoms with E-state index in [0.717, 1.165) is 68.2 Å². The molecule has 7 aromatic carbocycles. The Balaban J connectivity index is 1.14. The smallest absolute Gasteiger partial charge is 0.238 e. The van der Waals surface area contributed by atoms with Crippen LogP contribution in [0.25, 0.3) is 101 Å². The maximum Gasteiger partial charge on any atom is 0.238 e. The molecule has 57 heavy (non-hydrogen) atoms. The standard InChI is InChI=1S/C51H34N6/c1-3-16-33(17-4-1)49-52-50(34-18-5-2-6-19-34)54-51(53-49)57-46-29-14-10-25-40(46)42-31-41-39-24-9-13-28-45(39)56(47(41)32-48(42)57)36-21-15-20-35(30-36)55-43-26-11-7-22-37(43)38-23-8-12-27-44(38)55/h1-7,9-22,24-32H,8,23H2. The summed E-state index contributed by atoms with van der Waals surface area (Å²) < 4.78 is 7.07. The fourth-order valence-corrected chi connectivity index (χ4v) is 9.06. The van der Waals surface area contributed by atoms with Crippen molar-refractivity contribution in [1.82, 2.24) is 28.7 Å². The van der Waals surface area contributed by atoms with E-state index in [4.69, 9.17) is 15.0 Å². The lowest BCUT2D eigenvalue weighted by Crippen LogP contribution is -2.06.